The van der Waals surface area contributed by atoms with E-state index < -0.39 is 0 Å². The molecule has 5 nitrogen and oxygen atoms in total. The first-order valence-corrected chi connectivity index (χ1v) is 7.76. The van der Waals surface area contributed by atoms with Crippen molar-refractivity contribution in [1.29, 1.82) is 5.41 Å². The van der Waals surface area contributed by atoms with Crippen LogP contribution in [0.5, 0.6) is 0 Å². The summed E-state index contributed by atoms with van der Waals surface area (Å²) < 4.78 is 15.0. The fourth-order valence-electron chi connectivity index (χ4n) is 3.11. The van der Waals surface area contributed by atoms with Crippen molar-refractivity contribution in [2.45, 2.75) is 26.7 Å². The molecule has 1 aromatic carbocycles. The van der Waals surface area contributed by atoms with Gasteiger partial charge in [0.15, 0.2) is 0 Å². The third-order valence-corrected chi connectivity index (χ3v) is 4.12. The summed E-state index contributed by atoms with van der Waals surface area (Å²) in [7, 11) is 0. The summed E-state index contributed by atoms with van der Waals surface area (Å²) in [5, 5.41) is 18.4. The zero-order valence-electron chi connectivity index (χ0n) is 13.9. The summed E-state index contributed by atoms with van der Waals surface area (Å²) in [6.45, 7) is 5.72. The van der Waals surface area contributed by atoms with Gasteiger partial charge in [-0.2, -0.15) is 5.10 Å². The van der Waals surface area contributed by atoms with Crippen LogP contribution in [0.15, 0.2) is 36.3 Å². The Morgan fingerprint density at radius 2 is 2.17 bits per heavy atom. The van der Waals surface area contributed by atoms with E-state index in [0.717, 1.165) is 22.0 Å². The maximum Gasteiger partial charge on any atom is 0.132 e. The summed E-state index contributed by atoms with van der Waals surface area (Å²) in [5.41, 5.74) is 9.73. The van der Waals surface area contributed by atoms with Crippen LogP contribution in [0.4, 0.5) is 4.39 Å². The summed E-state index contributed by atoms with van der Waals surface area (Å²) in [6, 6.07) is 0. The minimum absolute atomic E-state index is 0.0464. The summed E-state index contributed by atoms with van der Waals surface area (Å²) in [5.74, 6) is -0.206. The molecule has 0 bridgehead atoms. The molecule has 0 amide bonds. The van der Waals surface area contributed by atoms with Gasteiger partial charge in [-0.25, -0.2) is 4.39 Å². The Hall–Kier alpha value is -2.89. The SMILES string of the molecule is Cc1c(F)c(C(C)C)c2[nH]ncc2c1C1=C/C(=C/C(=N)N)NC=C1. The standard InChI is InChI=1S/C18H20FN5/c1-9(2)15-17(19)10(3)16(13-8-23-24-18(13)15)11-4-5-22-12(6-11)7-14(20)21/h4-9,22H,1-3H3,(H3,20,21)(H,23,24)/b12-7-. The fourth-order valence-corrected chi connectivity index (χ4v) is 3.11. The highest BCUT2D eigenvalue weighted by Gasteiger charge is 2.22. The first kappa shape index (κ1) is 16.0. The predicted molar refractivity (Wildman–Crippen MR) is 95.1 cm³/mol. The molecule has 1 aliphatic rings. The van der Waals surface area contributed by atoms with Crippen LogP contribution in [-0.4, -0.2) is 16.0 Å². The van der Waals surface area contributed by atoms with E-state index in [2.05, 4.69) is 15.5 Å². The molecule has 0 saturated carbocycles. The molecule has 3 rings (SSSR count). The molecular formula is C18H20FN5. The molecular weight excluding hydrogens is 305 g/mol. The first-order chi connectivity index (χ1) is 11.4. The van der Waals surface area contributed by atoms with Crippen molar-refractivity contribution in [2.24, 2.45) is 5.73 Å². The van der Waals surface area contributed by atoms with E-state index in [9.17, 15) is 4.39 Å². The Balaban J connectivity index is 2.28. The Labute approximate surface area is 139 Å². The number of fused-ring (bicyclic) bond motifs is 1. The summed E-state index contributed by atoms with van der Waals surface area (Å²) in [4.78, 5) is 0. The minimum atomic E-state index is -0.207. The molecule has 0 spiro atoms. The lowest BCUT2D eigenvalue weighted by Gasteiger charge is -2.18. The molecule has 6 heteroatoms. The number of rotatable bonds is 3. The molecule has 0 aliphatic carbocycles. The number of halogens is 1. The van der Waals surface area contributed by atoms with Gasteiger partial charge in [-0.1, -0.05) is 13.8 Å². The number of nitrogens with two attached hydrogens (primary N) is 1. The summed E-state index contributed by atoms with van der Waals surface area (Å²) in [6.07, 6.45) is 8.73. The third kappa shape index (κ3) is 2.60. The van der Waals surface area contributed by atoms with Crippen LogP contribution in [0.1, 0.15) is 36.5 Å². The number of nitrogens with zero attached hydrogens (tertiary/aromatic N) is 1. The second-order valence-electron chi connectivity index (χ2n) is 6.17. The molecule has 1 aliphatic heterocycles. The van der Waals surface area contributed by atoms with Gasteiger partial charge < -0.3 is 11.1 Å². The largest absolute Gasteiger partial charge is 0.384 e. The van der Waals surface area contributed by atoms with Crippen molar-refractivity contribution < 1.29 is 4.39 Å². The first-order valence-electron chi connectivity index (χ1n) is 7.76. The molecule has 0 fully saturated rings. The number of H-pyrrole nitrogens is 1. The number of dihydropyridines is 1. The van der Waals surface area contributed by atoms with Crippen molar-refractivity contribution in [2.75, 3.05) is 0 Å². The van der Waals surface area contributed by atoms with E-state index >= 15 is 0 Å². The van der Waals surface area contributed by atoms with E-state index in [4.69, 9.17) is 11.1 Å². The quantitative estimate of drug-likeness (QED) is 0.514. The maximum atomic E-state index is 15.0. The van der Waals surface area contributed by atoms with Gasteiger partial charge in [0, 0.05) is 28.9 Å². The molecule has 1 aromatic heterocycles. The van der Waals surface area contributed by atoms with Gasteiger partial charge in [-0.15, -0.1) is 0 Å². The van der Waals surface area contributed by atoms with Gasteiger partial charge in [-0.3, -0.25) is 10.5 Å². The second kappa shape index (κ2) is 5.96. The number of benzene rings is 1. The van der Waals surface area contributed by atoms with Crippen LogP contribution in [-0.2, 0) is 0 Å². The predicted octanol–water partition coefficient (Wildman–Crippen LogP) is 3.45. The van der Waals surface area contributed by atoms with Crippen LogP contribution in [0.25, 0.3) is 16.5 Å². The zero-order chi connectivity index (χ0) is 17.4. The number of amidine groups is 1. The van der Waals surface area contributed by atoms with Crippen LogP contribution in [0.2, 0.25) is 0 Å². The Kier molecular flexibility index (Phi) is 3.97. The monoisotopic (exact) mass is 325 g/mol. The van der Waals surface area contributed by atoms with E-state index in [0.29, 0.717) is 16.8 Å². The second-order valence-corrected chi connectivity index (χ2v) is 6.17. The molecule has 0 radical (unpaired) electrons. The zero-order valence-corrected chi connectivity index (χ0v) is 13.9. The lowest BCUT2D eigenvalue weighted by molar-refractivity contribution is 0.592. The smallest absolute Gasteiger partial charge is 0.132 e. The minimum Gasteiger partial charge on any atom is -0.384 e. The van der Waals surface area contributed by atoms with Crippen molar-refractivity contribution in [1.82, 2.24) is 15.5 Å². The molecule has 24 heavy (non-hydrogen) atoms. The van der Waals surface area contributed by atoms with E-state index in [1.165, 1.54) is 6.08 Å². The van der Waals surface area contributed by atoms with Crippen LogP contribution in [0, 0.1) is 18.2 Å². The molecule has 5 N–H and O–H groups in total. The van der Waals surface area contributed by atoms with E-state index in [-0.39, 0.29) is 17.6 Å². The van der Waals surface area contributed by atoms with E-state index in [1.54, 1.807) is 19.3 Å². The molecule has 0 saturated heterocycles. The highest BCUT2D eigenvalue weighted by atomic mass is 19.1. The fraction of sp³-hybridized carbons (Fsp3) is 0.222. The highest BCUT2D eigenvalue weighted by Crippen LogP contribution is 2.37. The van der Waals surface area contributed by atoms with Crippen LogP contribution < -0.4 is 11.1 Å². The number of hydrogen-bond acceptors (Lipinski definition) is 3. The van der Waals surface area contributed by atoms with Crippen molar-refractivity contribution >= 4 is 22.3 Å². The summed E-state index contributed by atoms with van der Waals surface area (Å²) >= 11 is 0. The van der Waals surface area contributed by atoms with Crippen LogP contribution >= 0.6 is 0 Å². The van der Waals surface area contributed by atoms with Crippen molar-refractivity contribution in [3.05, 3.63) is 58.8 Å². The van der Waals surface area contributed by atoms with Gasteiger partial charge in [0.1, 0.15) is 11.7 Å². The molecule has 2 aromatic rings. The number of nitrogens with one attached hydrogen (secondary N) is 3. The molecule has 124 valence electrons. The highest BCUT2D eigenvalue weighted by molar-refractivity contribution is 5.99. The number of aromatic amines is 1. The number of hydrogen-bond donors (Lipinski definition) is 4. The topological polar surface area (TPSA) is 90.6 Å². The van der Waals surface area contributed by atoms with Crippen LogP contribution in [0.3, 0.4) is 0 Å². The van der Waals surface area contributed by atoms with E-state index in [1.807, 2.05) is 26.0 Å². The number of allylic oxidation sites excluding steroid dienone is 3. The Morgan fingerprint density at radius 3 is 2.83 bits per heavy atom. The lowest BCUT2D eigenvalue weighted by atomic mass is 9.89. The van der Waals surface area contributed by atoms with Crippen molar-refractivity contribution in [3.63, 3.8) is 0 Å². The lowest BCUT2D eigenvalue weighted by Crippen LogP contribution is -2.13. The molecule has 2 heterocycles. The number of aromatic nitrogens is 2. The van der Waals surface area contributed by atoms with Gasteiger partial charge in [0.05, 0.1) is 11.7 Å². The van der Waals surface area contributed by atoms with Gasteiger partial charge >= 0.3 is 0 Å². The van der Waals surface area contributed by atoms with Crippen molar-refractivity contribution in [3.8, 4) is 0 Å². The molecule has 0 unspecified atom stereocenters. The Bertz CT molecular complexity index is 915. The third-order valence-electron chi connectivity index (χ3n) is 4.12. The van der Waals surface area contributed by atoms with Gasteiger partial charge in [0.2, 0.25) is 0 Å². The average molecular weight is 325 g/mol. The average Bonchev–Trinajstić information content (AvgIpc) is 2.96. The maximum absolute atomic E-state index is 15.0. The van der Waals surface area contributed by atoms with Gasteiger partial charge in [-0.05, 0) is 41.7 Å². The van der Waals surface area contributed by atoms with Gasteiger partial charge in [0.25, 0.3) is 0 Å². The Morgan fingerprint density at radius 1 is 1.42 bits per heavy atom. The normalized spacial score (nSPS) is 15.9. The molecule has 0 atom stereocenters.